The van der Waals surface area contributed by atoms with Crippen molar-refractivity contribution in [2.75, 3.05) is 6.54 Å². The van der Waals surface area contributed by atoms with E-state index in [4.69, 9.17) is 0 Å². The lowest BCUT2D eigenvalue weighted by atomic mass is 10.1. The largest absolute Gasteiger partial charge is 0.348 e. The number of rotatable bonds is 4. The SMILES string of the molecule is O=C(NCc1nc2ccccc2c(=O)[nH]1)[C@@H]1CCCN1C1CCCC1. The van der Waals surface area contributed by atoms with Crippen LogP contribution in [0.1, 0.15) is 44.3 Å². The van der Waals surface area contributed by atoms with Crippen LogP contribution in [0.4, 0.5) is 0 Å². The van der Waals surface area contributed by atoms with Crippen LogP contribution in [0.15, 0.2) is 29.1 Å². The van der Waals surface area contributed by atoms with Crippen LogP contribution in [0.5, 0.6) is 0 Å². The van der Waals surface area contributed by atoms with Crippen molar-refractivity contribution >= 4 is 16.8 Å². The first-order chi connectivity index (χ1) is 12.2. The van der Waals surface area contributed by atoms with Gasteiger partial charge in [0.1, 0.15) is 5.82 Å². The van der Waals surface area contributed by atoms with Gasteiger partial charge in [0.25, 0.3) is 5.56 Å². The summed E-state index contributed by atoms with van der Waals surface area (Å²) in [5.41, 5.74) is 0.493. The fraction of sp³-hybridized carbons (Fsp3) is 0.526. The summed E-state index contributed by atoms with van der Waals surface area (Å²) in [7, 11) is 0. The molecule has 2 N–H and O–H groups in total. The molecule has 1 aliphatic carbocycles. The molecule has 132 valence electrons. The third kappa shape index (κ3) is 3.31. The van der Waals surface area contributed by atoms with Crippen LogP contribution in [-0.4, -0.2) is 39.4 Å². The topological polar surface area (TPSA) is 78.1 Å². The summed E-state index contributed by atoms with van der Waals surface area (Å²) in [5.74, 6) is 0.558. The first-order valence-corrected chi connectivity index (χ1v) is 9.24. The van der Waals surface area contributed by atoms with E-state index in [9.17, 15) is 9.59 Å². The molecule has 0 unspecified atom stereocenters. The maximum Gasteiger partial charge on any atom is 0.258 e. The van der Waals surface area contributed by atoms with Gasteiger partial charge in [0, 0.05) is 6.04 Å². The Morgan fingerprint density at radius 3 is 2.84 bits per heavy atom. The Morgan fingerprint density at radius 1 is 1.20 bits per heavy atom. The van der Waals surface area contributed by atoms with Crippen LogP contribution in [0, 0.1) is 0 Å². The number of para-hydroxylation sites is 1. The number of nitrogens with one attached hydrogen (secondary N) is 2. The van der Waals surface area contributed by atoms with E-state index in [-0.39, 0.29) is 24.1 Å². The second kappa shape index (κ2) is 6.96. The lowest BCUT2D eigenvalue weighted by Gasteiger charge is -2.29. The average Bonchev–Trinajstić information content (AvgIpc) is 3.30. The van der Waals surface area contributed by atoms with E-state index in [1.54, 1.807) is 6.07 Å². The molecular weight excluding hydrogens is 316 g/mol. The minimum atomic E-state index is -0.164. The summed E-state index contributed by atoms with van der Waals surface area (Å²) in [5, 5.41) is 3.54. The minimum absolute atomic E-state index is 0.0321. The number of amides is 1. The highest BCUT2D eigenvalue weighted by Gasteiger charge is 2.36. The number of nitrogens with zero attached hydrogens (tertiary/aromatic N) is 2. The highest BCUT2D eigenvalue weighted by atomic mass is 16.2. The van der Waals surface area contributed by atoms with Gasteiger partial charge in [-0.1, -0.05) is 25.0 Å². The van der Waals surface area contributed by atoms with Gasteiger partial charge >= 0.3 is 0 Å². The number of benzene rings is 1. The summed E-state index contributed by atoms with van der Waals surface area (Å²) < 4.78 is 0. The quantitative estimate of drug-likeness (QED) is 0.892. The molecule has 2 aromatic rings. The van der Waals surface area contributed by atoms with Crippen molar-refractivity contribution in [1.82, 2.24) is 20.2 Å². The smallest absolute Gasteiger partial charge is 0.258 e. The van der Waals surface area contributed by atoms with Gasteiger partial charge < -0.3 is 10.3 Å². The van der Waals surface area contributed by atoms with E-state index in [1.807, 2.05) is 18.2 Å². The summed E-state index contributed by atoms with van der Waals surface area (Å²) >= 11 is 0. The van der Waals surface area contributed by atoms with Crippen molar-refractivity contribution < 1.29 is 4.79 Å². The van der Waals surface area contributed by atoms with Crippen LogP contribution >= 0.6 is 0 Å². The van der Waals surface area contributed by atoms with Crippen LogP contribution in [0.2, 0.25) is 0 Å². The zero-order valence-corrected chi connectivity index (χ0v) is 14.3. The summed E-state index contributed by atoms with van der Waals surface area (Å²) in [6.45, 7) is 1.28. The second-order valence-electron chi connectivity index (χ2n) is 7.08. The molecule has 1 amide bonds. The standard InChI is InChI=1S/C19H24N4O2/c24-18-14-8-3-4-9-15(14)21-17(22-18)12-20-19(25)16-10-5-11-23(16)13-6-1-2-7-13/h3-4,8-9,13,16H,1-2,5-7,10-12H2,(H,20,25)(H,21,22,24)/t16-/m0/s1. The van der Waals surface area contributed by atoms with E-state index in [0.29, 0.717) is 22.8 Å². The minimum Gasteiger partial charge on any atom is -0.348 e. The van der Waals surface area contributed by atoms with Gasteiger partial charge in [0.2, 0.25) is 5.91 Å². The van der Waals surface area contributed by atoms with Crippen LogP contribution in [-0.2, 0) is 11.3 Å². The first kappa shape index (κ1) is 16.3. The molecule has 2 heterocycles. The third-order valence-electron chi connectivity index (χ3n) is 5.48. The monoisotopic (exact) mass is 340 g/mol. The molecular formula is C19H24N4O2. The number of fused-ring (bicyclic) bond motifs is 1. The highest BCUT2D eigenvalue weighted by Crippen LogP contribution is 2.30. The molecule has 2 fully saturated rings. The fourth-order valence-corrected chi connectivity index (χ4v) is 4.25. The van der Waals surface area contributed by atoms with Gasteiger partial charge in [-0.3, -0.25) is 14.5 Å². The predicted molar refractivity (Wildman–Crippen MR) is 96.2 cm³/mol. The molecule has 1 aromatic carbocycles. The molecule has 1 saturated carbocycles. The summed E-state index contributed by atoms with van der Waals surface area (Å²) in [6, 6.07) is 7.77. The van der Waals surface area contributed by atoms with E-state index < -0.39 is 0 Å². The fourth-order valence-electron chi connectivity index (χ4n) is 4.25. The number of hydrogen-bond donors (Lipinski definition) is 2. The molecule has 0 spiro atoms. The lowest BCUT2D eigenvalue weighted by molar-refractivity contribution is -0.126. The number of aromatic nitrogens is 2. The number of H-pyrrole nitrogens is 1. The van der Waals surface area contributed by atoms with Crippen molar-refractivity contribution in [2.45, 2.75) is 57.2 Å². The molecule has 1 atom stereocenters. The van der Waals surface area contributed by atoms with Gasteiger partial charge in [-0.25, -0.2) is 4.98 Å². The Bertz CT molecular complexity index is 826. The van der Waals surface area contributed by atoms with Gasteiger partial charge in [-0.2, -0.15) is 0 Å². The van der Waals surface area contributed by atoms with Crippen molar-refractivity contribution in [3.05, 3.63) is 40.4 Å². The van der Waals surface area contributed by atoms with Crippen molar-refractivity contribution in [1.29, 1.82) is 0 Å². The molecule has 6 nitrogen and oxygen atoms in total. The average molecular weight is 340 g/mol. The molecule has 0 bridgehead atoms. The number of carbonyl (C=O) groups is 1. The maximum atomic E-state index is 12.7. The number of likely N-dealkylation sites (tertiary alicyclic amines) is 1. The van der Waals surface area contributed by atoms with E-state index in [2.05, 4.69) is 20.2 Å². The predicted octanol–water partition coefficient (Wildman–Crippen LogP) is 1.95. The summed E-state index contributed by atoms with van der Waals surface area (Å²) in [4.78, 5) is 34.4. The number of carbonyl (C=O) groups excluding carboxylic acids is 1. The second-order valence-corrected chi connectivity index (χ2v) is 7.08. The number of aromatic amines is 1. The maximum absolute atomic E-state index is 12.7. The van der Waals surface area contributed by atoms with Gasteiger partial charge in [-0.05, 0) is 44.4 Å². The molecule has 1 aromatic heterocycles. The molecule has 2 aliphatic rings. The molecule has 1 saturated heterocycles. The van der Waals surface area contributed by atoms with Crippen LogP contribution in [0.25, 0.3) is 10.9 Å². The first-order valence-electron chi connectivity index (χ1n) is 9.24. The van der Waals surface area contributed by atoms with E-state index >= 15 is 0 Å². The highest BCUT2D eigenvalue weighted by molar-refractivity contribution is 5.82. The molecule has 1 aliphatic heterocycles. The Kier molecular flexibility index (Phi) is 4.53. The lowest BCUT2D eigenvalue weighted by Crippen LogP contribution is -2.47. The van der Waals surface area contributed by atoms with Gasteiger partial charge in [0.05, 0.1) is 23.5 Å². The van der Waals surface area contributed by atoms with Crippen molar-refractivity contribution in [3.8, 4) is 0 Å². The molecule has 4 rings (SSSR count). The van der Waals surface area contributed by atoms with Gasteiger partial charge in [-0.15, -0.1) is 0 Å². The van der Waals surface area contributed by atoms with E-state index in [0.717, 1.165) is 19.4 Å². The Morgan fingerprint density at radius 2 is 2.00 bits per heavy atom. The van der Waals surface area contributed by atoms with E-state index in [1.165, 1.54) is 25.7 Å². The molecule has 25 heavy (non-hydrogen) atoms. The molecule has 6 heteroatoms. The Labute approximate surface area is 146 Å². The zero-order valence-electron chi connectivity index (χ0n) is 14.3. The molecule has 0 radical (unpaired) electrons. The van der Waals surface area contributed by atoms with Crippen LogP contribution < -0.4 is 10.9 Å². The third-order valence-corrected chi connectivity index (χ3v) is 5.48. The van der Waals surface area contributed by atoms with Crippen LogP contribution in [0.3, 0.4) is 0 Å². The van der Waals surface area contributed by atoms with Crippen molar-refractivity contribution in [2.24, 2.45) is 0 Å². The van der Waals surface area contributed by atoms with Crippen molar-refractivity contribution in [3.63, 3.8) is 0 Å². The number of hydrogen-bond acceptors (Lipinski definition) is 4. The Hall–Kier alpha value is -2.21. The zero-order chi connectivity index (χ0) is 17.2. The normalized spacial score (nSPS) is 21.8. The summed E-state index contributed by atoms with van der Waals surface area (Å²) in [6.07, 6.45) is 6.98. The Balaban J connectivity index is 1.44. The van der Waals surface area contributed by atoms with Gasteiger partial charge in [0.15, 0.2) is 0 Å².